The number of carbonyl (C=O) groups is 1. The van der Waals surface area contributed by atoms with Gasteiger partial charge in [-0.2, -0.15) is 0 Å². The van der Waals surface area contributed by atoms with Crippen molar-refractivity contribution in [2.24, 2.45) is 5.73 Å². The Labute approximate surface area is 141 Å². The van der Waals surface area contributed by atoms with E-state index in [2.05, 4.69) is 15.2 Å². The molecule has 0 unspecified atom stereocenters. The van der Waals surface area contributed by atoms with E-state index in [-0.39, 0.29) is 12.3 Å². The number of thiophene rings is 1. The molecule has 3 rings (SSSR count). The Morgan fingerprint density at radius 2 is 2.17 bits per heavy atom. The second kappa shape index (κ2) is 7.38. The van der Waals surface area contributed by atoms with Gasteiger partial charge >= 0.3 is 0 Å². The van der Waals surface area contributed by atoms with Crippen LogP contribution in [-0.4, -0.2) is 25.7 Å². The first-order valence-corrected chi connectivity index (χ1v) is 8.88. The zero-order valence-corrected chi connectivity index (χ0v) is 13.9. The van der Waals surface area contributed by atoms with E-state index in [1.54, 1.807) is 29.3 Å². The molecule has 2 N–H and O–H groups in total. The lowest BCUT2D eigenvalue weighted by Gasteiger charge is -2.08. The Morgan fingerprint density at radius 3 is 2.87 bits per heavy atom. The second-order valence-corrected chi connectivity index (χ2v) is 6.65. The number of rotatable bonds is 7. The molecule has 3 heterocycles. The number of pyridine rings is 1. The Hall–Kier alpha value is -2.19. The van der Waals surface area contributed by atoms with Crippen molar-refractivity contribution in [2.75, 3.05) is 0 Å². The van der Waals surface area contributed by atoms with Crippen molar-refractivity contribution in [1.29, 1.82) is 0 Å². The van der Waals surface area contributed by atoms with Crippen LogP contribution in [0.25, 0.3) is 10.7 Å². The molecule has 0 aliphatic heterocycles. The van der Waals surface area contributed by atoms with Crippen molar-refractivity contribution in [3.63, 3.8) is 0 Å². The molecule has 23 heavy (non-hydrogen) atoms. The zero-order valence-electron chi connectivity index (χ0n) is 12.3. The molecule has 3 aromatic heterocycles. The molecule has 3 aromatic rings. The molecular weight excluding hydrogens is 330 g/mol. The Kier molecular flexibility index (Phi) is 5.04. The maximum absolute atomic E-state index is 11.1. The highest BCUT2D eigenvalue weighted by molar-refractivity contribution is 7.98. The van der Waals surface area contributed by atoms with Gasteiger partial charge in [0.05, 0.1) is 10.6 Å². The lowest BCUT2D eigenvalue weighted by Crippen LogP contribution is -2.14. The summed E-state index contributed by atoms with van der Waals surface area (Å²) < 4.78 is 1.95. The van der Waals surface area contributed by atoms with Crippen molar-refractivity contribution < 1.29 is 4.79 Å². The van der Waals surface area contributed by atoms with E-state index in [0.717, 1.165) is 21.6 Å². The van der Waals surface area contributed by atoms with Crippen LogP contribution in [0.3, 0.4) is 0 Å². The summed E-state index contributed by atoms with van der Waals surface area (Å²) in [5.74, 6) is 1.13. The fourth-order valence-electron chi connectivity index (χ4n) is 2.03. The number of nitrogens with two attached hydrogens (primary N) is 1. The number of aromatic nitrogens is 4. The molecule has 0 bridgehead atoms. The molecule has 0 radical (unpaired) electrons. The van der Waals surface area contributed by atoms with E-state index in [9.17, 15) is 4.79 Å². The lowest BCUT2D eigenvalue weighted by molar-refractivity contribution is -0.118. The fraction of sp³-hybridized carbons (Fsp3) is 0.200. The highest BCUT2D eigenvalue weighted by Crippen LogP contribution is 2.28. The zero-order chi connectivity index (χ0) is 16.1. The summed E-state index contributed by atoms with van der Waals surface area (Å²) in [6, 6.07) is 9.77. The van der Waals surface area contributed by atoms with Crippen molar-refractivity contribution >= 4 is 29.0 Å². The number of primary amides is 1. The number of carbonyl (C=O) groups excluding carboxylic acids is 1. The van der Waals surface area contributed by atoms with E-state index in [0.29, 0.717) is 12.3 Å². The standard InChI is InChI=1S/C15H15N5OS2/c16-13(21)6-8-20-14(12-5-3-9-22-12)18-19-15(20)23-10-11-4-1-2-7-17-11/h1-5,7,9H,6,8,10H2,(H2,16,21). The monoisotopic (exact) mass is 345 g/mol. The number of amides is 1. The summed E-state index contributed by atoms with van der Waals surface area (Å²) >= 11 is 3.14. The predicted molar refractivity (Wildman–Crippen MR) is 90.9 cm³/mol. The van der Waals surface area contributed by atoms with Crippen molar-refractivity contribution in [3.8, 4) is 10.7 Å². The minimum Gasteiger partial charge on any atom is -0.370 e. The minimum absolute atomic E-state index is 0.258. The van der Waals surface area contributed by atoms with Crippen LogP contribution in [0.2, 0.25) is 0 Å². The van der Waals surface area contributed by atoms with Crippen LogP contribution >= 0.6 is 23.1 Å². The fourth-order valence-corrected chi connectivity index (χ4v) is 3.63. The van der Waals surface area contributed by atoms with E-state index in [4.69, 9.17) is 5.73 Å². The maximum Gasteiger partial charge on any atom is 0.219 e. The Bertz CT molecular complexity index is 771. The van der Waals surface area contributed by atoms with Crippen LogP contribution < -0.4 is 5.73 Å². The van der Waals surface area contributed by atoms with Crippen molar-refractivity contribution in [3.05, 3.63) is 47.6 Å². The third-order valence-electron chi connectivity index (χ3n) is 3.12. The van der Waals surface area contributed by atoms with Crippen molar-refractivity contribution in [1.82, 2.24) is 19.7 Å². The molecule has 0 fully saturated rings. The predicted octanol–water partition coefficient (Wildman–Crippen LogP) is 2.57. The van der Waals surface area contributed by atoms with Gasteiger partial charge in [-0.05, 0) is 23.6 Å². The average molecular weight is 345 g/mol. The van der Waals surface area contributed by atoms with Gasteiger partial charge in [-0.25, -0.2) is 0 Å². The first kappa shape index (κ1) is 15.7. The molecular formula is C15H15N5OS2. The molecule has 6 nitrogen and oxygen atoms in total. The highest BCUT2D eigenvalue weighted by Gasteiger charge is 2.15. The smallest absolute Gasteiger partial charge is 0.219 e. The molecule has 0 aromatic carbocycles. The van der Waals surface area contributed by atoms with Gasteiger partial charge in [0, 0.05) is 24.9 Å². The summed E-state index contributed by atoms with van der Waals surface area (Å²) in [6.07, 6.45) is 2.03. The van der Waals surface area contributed by atoms with Gasteiger partial charge < -0.3 is 10.3 Å². The summed E-state index contributed by atoms with van der Waals surface area (Å²) in [5.41, 5.74) is 6.26. The largest absolute Gasteiger partial charge is 0.370 e. The van der Waals surface area contributed by atoms with Crippen molar-refractivity contribution in [2.45, 2.75) is 23.9 Å². The number of nitrogens with zero attached hydrogens (tertiary/aromatic N) is 4. The van der Waals surface area contributed by atoms with Gasteiger partial charge in [0.1, 0.15) is 0 Å². The first-order chi connectivity index (χ1) is 11.2. The Morgan fingerprint density at radius 1 is 1.26 bits per heavy atom. The molecule has 1 amide bonds. The normalized spacial score (nSPS) is 10.8. The minimum atomic E-state index is -0.337. The van der Waals surface area contributed by atoms with Gasteiger partial charge in [0.2, 0.25) is 5.91 Å². The van der Waals surface area contributed by atoms with E-state index in [1.807, 2.05) is 40.3 Å². The Balaban J connectivity index is 1.82. The summed E-state index contributed by atoms with van der Waals surface area (Å²) in [4.78, 5) is 16.5. The van der Waals surface area contributed by atoms with Crippen LogP contribution in [0.15, 0.2) is 47.1 Å². The lowest BCUT2D eigenvalue weighted by atomic mass is 10.4. The quantitative estimate of drug-likeness (QED) is 0.665. The average Bonchev–Trinajstić information content (AvgIpc) is 3.21. The van der Waals surface area contributed by atoms with Gasteiger partial charge in [0.15, 0.2) is 11.0 Å². The van der Waals surface area contributed by atoms with Gasteiger partial charge in [0.25, 0.3) is 0 Å². The summed E-state index contributed by atoms with van der Waals surface area (Å²) in [5, 5.41) is 11.3. The van der Waals surface area contributed by atoms with Gasteiger partial charge in [-0.3, -0.25) is 9.78 Å². The molecule has 0 aliphatic carbocycles. The first-order valence-electron chi connectivity index (χ1n) is 7.02. The van der Waals surface area contributed by atoms with E-state index >= 15 is 0 Å². The third-order valence-corrected chi connectivity index (χ3v) is 4.98. The second-order valence-electron chi connectivity index (χ2n) is 4.76. The van der Waals surface area contributed by atoms with Crippen LogP contribution in [0.1, 0.15) is 12.1 Å². The number of hydrogen-bond donors (Lipinski definition) is 1. The van der Waals surface area contributed by atoms with Crippen LogP contribution in [0, 0.1) is 0 Å². The number of hydrogen-bond acceptors (Lipinski definition) is 6. The van der Waals surface area contributed by atoms with Gasteiger partial charge in [-0.1, -0.05) is 23.9 Å². The molecule has 0 saturated heterocycles. The molecule has 0 spiro atoms. The molecule has 0 aliphatic rings. The number of thioether (sulfide) groups is 1. The van der Waals surface area contributed by atoms with Crippen LogP contribution in [0.5, 0.6) is 0 Å². The molecule has 0 atom stereocenters. The molecule has 8 heteroatoms. The highest BCUT2D eigenvalue weighted by atomic mass is 32.2. The molecule has 118 valence electrons. The molecule has 0 saturated carbocycles. The summed E-state index contributed by atoms with van der Waals surface area (Å²) in [6.45, 7) is 0.472. The maximum atomic E-state index is 11.1. The van der Waals surface area contributed by atoms with Crippen LogP contribution in [-0.2, 0) is 17.1 Å². The topological polar surface area (TPSA) is 86.7 Å². The van der Waals surface area contributed by atoms with E-state index < -0.39 is 0 Å². The summed E-state index contributed by atoms with van der Waals surface area (Å²) in [7, 11) is 0. The van der Waals surface area contributed by atoms with E-state index in [1.165, 1.54) is 0 Å². The SMILES string of the molecule is NC(=O)CCn1c(SCc2ccccn2)nnc1-c1cccs1. The third kappa shape index (κ3) is 3.96. The van der Waals surface area contributed by atoms with Crippen LogP contribution in [0.4, 0.5) is 0 Å². The van der Waals surface area contributed by atoms with Gasteiger partial charge in [-0.15, -0.1) is 21.5 Å².